The van der Waals surface area contributed by atoms with Gasteiger partial charge < -0.3 is 4.74 Å². The molecule has 0 unspecified atom stereocenters. The van der Waals surface area contributed by atoms with Gasteiger partial charge in [0.05, 0.1) is 6.61 Å². The molecule has 0 radical (unpaired) electrons. The standard InChI is InChI=1S/C26H37BrO/c1-2-3-4-5-6-7-8-9-10-11-12-13-22-28-26-20-16-24(17-21-26)23-14-18-25(27)19-15-23/h14-21H,2-13,22H2,1H3. The highest BCUT2D eigenvalue weighted by atomic mass is 79.9. The van der Waals surface area contributed by atoms with E-state index in [1.165, 1.54) is 81.8 Å². The van der Waals surface area contributed by atoms with Crippen LogP contribution >= 0.6 is 15.9 Å². The highest BCUT2D eigenvalue weighted by Gasteiger charge is 1.99. The Bertz CT molecular complexity index is 618. The zero-order valence-electron chi connectivity index (χ0n) is 17.6. The zero-order chi connectivity index (χ0) is 19.9. The third-order valence-electron chi connectivity index (χ3n) is 5.30. The number of halogens is 1. The lowest BCUT2D eigenvalue weighted by molar-refractivity contribution is 0.304. The summed E-state index contributed by atoms with van der Waals surface area (Å²) >= 11 is 3.48. The van der Waals surface area contributed by atoms with Crippen LogP contribution < -0.4 is 4.74 Å². The summed E-state index contributed by atoms with van der Waals surface area (Å²) in [6, 6.07) is 16.9. The lowest BCUT2D eigenvalue weighted by Gasteiger charge is -2.08. The predicted molar refractivity (Wildman–Crippen MR) is 126 cm³/mol. The van der Waals surface area contributed by atoms with E-state index < -0.39 is 0 Å². The Balaban J connectivity index is 1.47. The smallest absolute Gasteiger partial charge is 0.119 e. The second-order valence-corrected chi connectivity index (χ2v) is 8.68. The molecular formula is C26H37BrO. The Labute approximate surface area is 181 Å². The topological polar surface area (TPSA) is 9.23 Å². The van der Waals surface area contributed by atoms with E-state index in [1.807, 2.05) is 0 Å². The number of ether oxygens (including phenoxy) is 1. The van der Waals surface area contributed by atoms with Gasteiger partial charge in [-0.25, -0.2) is 0 Å². The Morgan fingerprint density at radius 2 is 1.00 bits per heavy atom. The van der Waals surface area contributed by atoms with Crippen LogP contribution in [0.3, 0.4) is 0 Å². The maximum Gasteiger partial charge on any atom is 0.119 e. The number of rotatable bonds is 15. The molecule has 0 aromatic heterocycles. The molecule has 0 bridgehead atoms. The second kappa shape index (κ2) is 14.7. The number of hydrogen-bond acceptors (Lipinski definition) is 1. The fourth-order valence-corrected chi connectivity index (χ4v) is 3.78. The van der Waals surface area contributed by atoms with Crippen LogP contribution in [0.2, 0.25) is 0 Å². The molecule has 0 saturated heterocycles. The maximum atomic E-state index is 5.90. The van der Waals surface area contributed by atoms with Crippen molar-refractivity contribution in [3.63, 3.8) is 0 Å². The lowest BCUT2D eigenvalue weighted by Crippen LogP contribution is -1.97. The number of benzene rings is 2. The molecule has 2 aromatic carbocycles. The van der Waals surface area contributed by atoms with Crippen molar-refractivity contribution in [2.24, 2.45) is 0 Å². The Hall–Kier alpha value is -1.28. The normalized spacial score (nSPS) is 10.9. The highest BCUT2D eigenvalue weighted by Crippen LogP contribution is 2.24. The molecule has 0 saturated carbocycles. The molecule has 0 N–H and O–H groups in total. The van der Waals surface area contributed by atoms with E-state index in [2.05, 4.69) is 71.4 Å². The SMILES string of the molecule is CCCCCCCCCCCCCCOc1ccc(-c2ccc(Br)cc2)cc1. The van der Waals surface area contributed by atoms with Crippen LogP contribution in [0.5, 0.6) is 5.75 Å². The van der Waals surface area contributed by atoms with Crippen molar-refractivity contribution < 1.29 is 4.74 Å². The van der Waals surface area contributed by atoms with Crippen molar-refractivity contribution in [3.05, 3.63) is 53.0 Å². The van der Waals surface area contributed by atoms with Gasteiger partial charge in [0, 0.05) is 4.47 Å². The first-order valence-electron chi connectivity index (χ1n) is 11.3. The van der Waals surface area contributed by atoms with E-state index in [1.54, 1.807) is 0 Å². The molecule has 0 aliphatic rings. The molecule has 2 heteroatoms. The molecule has 0 aliphatic heterocycles. The summed E-state index contributed by atoms with van der Waals surface area (Å²) in [5.41, 5.74) is 2.46. The molecule has 28 heavy (non-hydrogen) atoms. The first-order valence-corrected chi connectivity index (χ1v) is 12.1. The van der Waals surface area contributed by atoms with Gasteiger partial charge >= 0.3 is 0 Å². The lowest BCUT2D eigenvalue weighted by atomic mass is 10.1. The van der Waals surface area contributed by atoms with Gasteiger partial charge in [0.15, 0.2) is 0 Å². The van der Waals surface area contributed by atoms with Crippen LogP contribution in [0.1, 0.15) is 84.0 Å². The summed E-state index contributed by atoms with van der Waals surface area (Å²) in [7, 11) is 0. The summed E-state index contributed by atoms with van der Waals surface area (Å²) in [5, 5.41) is 0. The van der Waals surface area contributed by atoms with E-state index >= 15 is 0 Å². The van der Waals surface area contributed by atoms with Crippen molar-refractivity contribution in [2.75, 3.05) is 6.61 Å². The molecular weight excluding hydrogens is 408 g/mol. The Morgan fingerprint density at radius 3 is 1.50 bits per heavy atom. The van der Waals surface area contributed by atoms with Crippen molar-refractivity contribution in [2.45, 2.75) is 84.0 Å². The maximum absolute atomic E-state index is 5.90. The first-order chi connectivity index (χ1) is 13.8. The Kier molecular flexibility index (Phi) is 12.1. The minimum Gasteiger partial charge on any atom is -0.494 e. The van der Waals surface area contributed by atoms with Gasteiger partial charge in [0.1, 0.15) is 5.75 Å². The molecule has 2 aromatic rings. The summed E-state index contributed by atoms with van der Waals surface area (Å²) in [4.78, 5) is 0. The molecule has 0 atom stereocenters. The highest BCUT2D eigenvalue weighted by molar-refractivity contribution is 9.10. The predicted octanol–water partition coefficient (Wildman–Crippen LogP) is 9.20. The quantitative estimate of drug-likeness (QED) is 0.248. The van der Waals surface area contributed by atoms with Crippen LogP contribution in [0.4, 0.5) is 0 Å². The van der Waals surface area contributed by atoms with Crippen LogP contribution in [-0.4, -0.2) is 6.61 Å². The fourth-order valence-electron chi connectivity index (χ4n) is 3.52. The second-order valence-electron chi connectivity index (χ2n) is 7.77. The van der Waals surface area contributed by atoms with Crippen LogP contribution in [-0.2, 0) is 0 Å². The third-order valence-corrected chi connectivity index (χ3v) is 5.83. The van der Waals surface area contributed by atoms with Gasteiger partial charge in [-0.05, 0) is 41.8 Å². The largest absolute Gasteiger partial charge is 0.494 e. The molecule has 0 fully saturated rings. The summed E-state index contributed by atoms with van der Waals surface area (Å²) in [6.07, 6.45) is 16.5. The van der Waals surface area contributed by atoms with Gasteiger partial charge in [0.2, 0.25) is 0 Å². The minimum absolute atomic E-state index is 0.828. The van der Waals surface area contributed by atoms with E-state index in [4.69, 9.17) is 4.74 Å². The van der Waals surface area contributed by atoms with Crippen LogP contribution in [0.25, 0.3) is 11.1 Å². The average molecular weight is 445 g/mol. The molecule has 0 aliphatic carbocycles. The minimum atomic E-state index is 0.828. The van der Waals surface area contributed by atoms with Crippen molar-refractivity contribution in [1.82, 2.24) is 0 Å². The van der Waals surface area contributed by atoms with Gasteiger partial charge in [-0.1, -0.05) is 118 Å². The molecule has 0 spiro atoms. The van der Waals surface area contributed by atoms with Gasteiger partial charge in [-0.2, -0.15) is 0 Å². The van der Waals surface area contributed by atoms with Crippen molar-refractivity contribution in [3.8, 4) is 16.9 Å². The van der Waals surface area contributed by atoms with E-state index in [0.717, 1.165) is 23.2 Å². The van der Waals surface area contributed by atoms with E-state index in [9.17, 15) is 0 Å². The summed E-state index contributed by atoms with van der Waals surface area (Å²) < 4.78 is 7.01. The molecule has 1 nitrogen and oxygen atoms in total. The Morgan fingerprint density at radius 1 is 0.571 bits per heavy atom. The number of unbranched alkanes of at least 4 members (excludes halogenated alkanes) is 11. The zero-order valence-corrected chi connectivity index (χ0v) is 19.2. The molecule has 2 rings (SSSR count). The third kappa shape index (κ3) is 9.78. The monoisotopic (exact) mass is 444 g/mol. The van der Waals surface area contributed by atoms with E-state index in [0.29, 0.717) is 0 Å². The van der Waals surface area contributed by atoms with E-state index in [-0.39, 0.29) is 0 Å². The van der Waals surface area contributed by atoms with Crippen LogP contribution in [0.15, 0.2) is 53.0 Å². The fraction of sp³-hybridized carbons (Fsp3) is 0.538. The summed E-state index contributed by atoms with van der Waals surface area (Å²) in [6.45, 7) is 3.11. The summed E-state index contributed by atoms with van der Waals surface area (Å²) in [5.74, 6) is 0.976. The number of hydrogen-bond donors (Lipinski definition) is 0. The molecule has 154 valence electrons. The van der Waals surface area contributed by atoms with Crippen molar-refractivity contribution >= 4 is 15.9 Å². The molecule has 0 amide bonds. The van der Waals surface area contributed by atoms with Crippen LogP contribution in [0, 0.1) is 0 Å². The van der Waals surface area contributed by atoms with Gasteiger partial charge in [-0.3, -0.25) is 0 Å². The van der Waals surface area contributed by atoms with Gasteiger partial charge in [-0.15, -0.1) is 0 Å². The first kappa shape index (κ1) is 23.0. The average Bonchev–Trinajstić information content (AvgIpc) is 2.72. The van der Waals surface area contributed by atoms with Crippen molar-refractivity contribution in [1.29, 1.82) is 0 Å². The van der Waals surface area contributed by atoms with Gasteiger partial charge in [0.25, 0.3) is 0 Å². The molecule has 0 heterocycles.